The number of hydrogen-bond acceptors (Lipinski definition) is 2. The van der Waals surface area contributed by atoms with Gasteiger partial charge in [-0.15, -0.1) is 0 Å². The fourth-order valence-corrected chi connectivity index (χ4v) is 3.08. The molecule has 1 aliphatic heterocycles. The number of aromatic amines is 1. The molecule has 0 unspecified atom stereocenters. The molecule has 5 nitrogen and oxygen atoms in total. The second-order valence-electron chi connectivity index (χ2n) is 5.82. The summed E-state index contributed by atoms with van der Waals surface area (Å²) in [7, 11) is 0. The van der Waals surface area contributed by atoms with Crippen LogP contribution >= 0.6 is 0 Å². The van der Waals surface area contributed by atoms with Crippen molar-refractivity contribution in [2.45, 2.75) is 39.7 Å². The van der Waals surface area contributed by atoms with E-state index in [1.54, 1.807) is 4.57 Å². The van der Waals surface area contributed by atoms with Gasteiger partial charge in [-0.3, -0.25) is 9.36 Å². The first kappa shape index (κ1) is 14.6. The Bertz CT molecular complexity index is 758. The lowest BCUT2D eigenvalue weighted by Gasteiger charge is -2.29. The van der Waals surface area contributed by atoms with E-state index in [9.17, 15) is 9.59 Å². The van der Waals surface area contributed by atoms with Gasteiger partial charge < -0.3 is 9.88 Å². The molecule has 1 N–H and O–H groups in total. The highest BCUT2D eigenvalue weighted by atomic mass is 16.2. The Morgan fingerprint density at radius 1 is 1.27 bits per heavy atom. The first-order valence-corrected chi connectivity index (χ1v) is 7.72. The highest BCUT2D eigenvalue weighted by Crippen LogP contribution is 2.27. The number of nitrogens with one attached hydrogen (secondary N) is 1. The molecule has 0 saturated carbocycles. The maximum Gasteiger partial charge on any atom is 0.325 e. The lowest BCUT2D eigenvalue weighted by Crippen LogP contribution is -2.36. The quantitative estimate of drug-likeness (QED) is 0.944. The van der Waals surface area contributed by atoms with Gasteiger partial charge in [0.15, 0.2) is 0 Å². The van der Waals surface area contributed by atoms with Crippen molar-refractivity contribution in [1.82, 2.24) is 9.55 Å². The monoisotopic (exact) mass is 299 g/mol. The minimum atomic E-state index is -0.137. The van der Waals surface area contributed by atoms with Gasteiger partial charge in [0, 0.05) is 36.6 Å². The third-order valence-electron chi connectivity index (χ3n) is 4.45. The maximum atomic E-state index is 12.6. The van der Waals surface area contributed by atoms with E-state index >= 15 is 0 Å². The summed E-state index contributed by atoms with van der Waals surface area (Å²) >= 11 is 0. The average Bonchev–Trinajstić information content (AvgIpc) is 2.77. The third-order valence-corrected chi connectivity index (χ3v) is 4.45. The summed E-state index contributed by atoms with van der Waals surface area (Å²) in [5, 5.41) is 0. The van der Waals surface area contributed by atoms with E-state index in [0.29, 0.717) is 13.0 Å². The van der Waals surface area contributed by atoms with Crippen molar-refractivity contribution < 1.29 is 4.79 Å². The largest absolute Gasteiger partial charge is 0.325 e. The summed E-state index contributed by atoms with van der Waals surface area (Å²) in [5.41, 5.74) is 3.88. The number of para-hydroxylation sites is 1. The van der Waals surface area contributed by atoms with E-state index in [0.717, 1.165) is 36.5 Å². The van der Waals surface area contributed by atoms with Gasteiger partial charge in [-0.25, -0.2) is 4.79 Å². The predicted octanol–water partition coefficient (Wildman–Crippen LogP) is 2.16. The summed E-state index contributed by atoms with van der Waals surface area (Å²) in [5.74, 6) is 0.0808. The SMILES string of the molecule is Cc1[nH]c(=O)n(CCC(=O)N2CCCc3ccccc32)c1C. The first-order valence-electron chi connectivity index (χ1n) is 7.72. The zero-order chi connectivity index (χ0) is 15.7. The molecule has 0 atom stereocenters. The van der Waals surface area contributed by atoms with Gasteiger partial charge in [0.05, 0.1) is 0 Å². The Balaban J connectivity index is 1.75. The number of aryl methyl sites for hydroxylation is 2. The minimum absolute atomic E-state index is 0.0808. The summed E-state index contributed by atoms with van der Waals surface area (Å²) in [4.78, 5) is 29.0. The molecule has 0 bridgehead atoms. The van der Waals surface area contributed by atoms with Crippen LogP contribution in [0.5, 0.6) is 0 Å². The normalized spacial score (nSPS) is 14.0. The van der Waals surface area contributed by atoms with Crippen LogP contribution in [0.2, 0.25) is 0 Å². The van der Waals surface area contributed by atoms with Crippen molar-refractivity contribution in [3.8, 4) is 0 Å². The van der Waals surface area contributed by atoms with E-state index in [2.05, 4.69) is 11.1 Å². The standard InChI is InChI=1S/C17H21N3O2/c1-12-13(2)19(17(22)18-12)11-9-16(21)20-10-5-7-14-6-3-4-8-15(14)20/h3-4,6,8H,5,7,9-11H2,1-2H3,(H,18,22). The van der Waals surface area contributed by atoms with Crippen molar-refractivity contribution in [3.05, 3.63) is 51.7 Å². The average molecular weight is 299 g/mol. The van der Waals surface area contributed by atoms with Gasteiger partial charge in [-0.1, -0.05) is 18.2 Å². The molecule has 2 aromatic rings. The zero-order valence-corrected chi connectivity index (χ0v) is 13.1. The molecular weight excluding hydrogens is 278 g/mol. The molecule has 3 rings (SSSR count). The number of aromatic nitrogens is 2. The zero-order valence-electron chi connectivity index (χ0n) is 13.1. The second kappa shape index (κ2) is 5.83. The lowest BCUT2D eigenvalue weighted by atomic mass is 10.0. The number of nitrogens with zero attached hydrogens (tertiary/aromatic N) is 2. The topological polar surface area (TPSA) is 58.1 Å². The van der Waals surface area contributed by atoms with Gasteiger partial charge in [0.2, 0.25) is 5.91 Å². The molecule has 0 fully saturated rings. The summed E-state index contributed by atoms with van der Waals surface area (Å²) < 4.78 is 1.64. The van der Waals surface area contributed by atoms with Crippen molar-refractivity contribution >= 4 is 11.6 Å². The van der Waals surface area contributed by atoms with Crippen LogP contribution in [0.3, 0.4) is 0 Å². The first-order chi connectivity index (χ1) is 10.6. The molecule has 2 heterocycles. The molecule has 1 aromatic carbocycles. The van der Waals surface area contributed by atoms with Crippen LogP contribution in [-0.2, 0) is 17.8 Å². The van der Waals surface area contributed by atoms with Gasteiger partial charge in [-0.2, -0.15) is 0 Å². The number of H-pyrrole nitrogens is 1. The molecule has 1 aromatic heterocycles. The van der Waals surface area contributed by atoms with E-state index in [-0.39, 0.29) is 11.6 Å². The lowest BCUT2D eigenvalue weighted by molar-refractivity contribution is -0.118. The number of imidazole rings is 1. The Labute approximate surface area is 129 Å². The number of anilines is 1. The number of fused-ring (bicyclic) bond motifs is 1. The van der Waals surface area contributed by atoms with E-state index in [4.69, 9.17) is 0 Å². The van der Waals surface area contributed by atoms with Gasteiger partial charge >= 0.3 is 5.69 Å². The molecule has 1 aliphatic rings. The van der Waals surface area contributed by atoms with Crippen molar-refractivity contribution in [2.24, 2.45) is 0 Å². The molecule has 0 saturated heterocycles. The highest BCUT2D eigenvalue weighted by molar-refractivity contribution is 5.94. The Morgan fingerprint density at radius 2 is 2.05 bits per heavy atom. The molecule has 0 aliphatic carbocycles. The minimum Gasteiger partial charge on any atom is -0.312 e. The molecule has 0 radical (unpaired) electrons. The molecule has 0 spiro atoms. The maximum absolute atomic E-state index is 12.6. The predicted molar refractivity (Wildman–Crippen MR) is 86.3 cm³/mol. The second-order valence-corrected chi connectivity index (χ2v) is 5.82. The van der Waals surface area contributed by atoms with Crippen LogP contribution in [0.1, 0.15) is 29.8 Å². The van der Waals surface area contributed by atoms with E-state index in [1.165, 1.54) is 5.56 Å². The smallest absolute Gasteiger partial charge is 0.312 e. The molecular formula is C17H21N3O2. The Kier molecular flexibility index (Phi) is 3.88. The molecule has 5 heteroatoms. The molecule has 1 amide bonds. The van der Waals surface area contributed by atoms with Crippen molar-refractivity contribution in [3.63, 3.8) is 0 Å². The fraction of sp³-hybridized carbons (Fsp3) is 0.412. The summed E-state index contributed by atoms with van der Waals surface area (Å²) in [6.07, 6.45) is 2.35. The van der Waals surface area contributed by atoms with Gasteiger partial charge in [0.25, 0.3) is 0 Å². The van der Waals surface area contributed by atoms with Crippen LogP contribution in [0.25, 0.3) is 0 Å². The van der Waals surface area contributed by atoms with Crippen LogP contribution in [-0.4, -0.2) is 22.0 Å². The Hall–Kier alpha value is -2.30. The van der Waals surface area contributed by atoms with Crippen LogP contribution < -0.4 is 10.6 Å². The van der Waals surface area contributed by atoms with Crippen LogP contribution in [0, 0.1) is 13.8 Å². The summed E-state index contributed by atoms with van der Waals surface area (Å²) in [6, 6.07) is 8.07. The number of rotatable bonds is 3. The number of carbonyl (C=O) groups is 1. The third kappa shape index (κ3) is 2.58. The number of hydrogen-bond donors (Lipinski definition) is 1. The van der Waals surface area contributed by atoms with Crippen molar-refractivity contribution in [2.75, 3.05) is 11.4 Å². The van der Waals surface area contributed by atoms with Crippen molar-refractivity contribution in [1.29, 1.82) is 0 Å². The van der Waals surface area contributed by atoms with Crippen LogP contribution in [0.15, 0.2) is 29.1 Å². The van der Waals surface area contributed by atoms with E-state index < -0.39 is 0 Å². The van der Waals surface area contributed by atoms with E-state index in [1.807, 2.05) is 36.9 Å². The molecule has 116 valence electrons. The number of carbonyl (C=O) groups excluding carboxylic acids is 1. The summed E-state index contributed by atoms with van der Waals surface area (Å²) in [6.45, 7) is 4.95. The van der Waals surface area contributed by atoms with Gasteiger partial charge in [-0.05, 0) is 38.3 Å². The van der Waals surface area contributed by atoms with Crippen LogP contribution in [0.4, 0.5) is 5.69 Å². The fourth-order valence-electron chi connectivity index (χ4n) is 3.08. The molecule has 22 heavy (non-hydrogen) atoms. The number of benzene rings is 1. The number of amides is 1. The Morgan fingerprint density at radius 3 is 2.77 bits per heavy atom. The van der Waals surface area contributed by atoms with Gasteiger partial charge in [0.1, 0.15) is 0 Å². The highest BCUT2D eigenvalue weighted by Gasteiger charge is 2.22.